The molecule has 0 N–H and O–H groups in total. The second-order valence-corrected chi connectivity index (χ2v) is 9.19. The van der Waals surface area contributed by atoms with E-state index < -0.39 is 0 Å². The van der Waals surface area contributed by atoms with E-state index in [1.54, 1.807) is 24.3 Å². The average Bonchev–Trinajstić information content (AvgIpc) is 3.24. The van der Waals surface area contributed by atoms with Gasteiger partial charge in [-0.2, -0.15) is 0 Å². The number of halogens is 2. The van der Waals surface area contributed by atoms with Gasteiger partial charge in [0.25, 0.3) is 5.91 Å². The van der Waals surface area contributed by atoms with Crippen molar-refractivity contribution in [2.75, 3.05) is 19.6 Å². The highest BCUT2D eigenvalue weighted by Crippen LogP contribution is 2.35. The smallest absolute Gasteiger partial charge is 0.253 e. The summed E-state index contributed by atoms with van der Waals surface area (Å²) < 4.78 is 1.04. The van der Waals surface area contributed by atoms with Crippen LogP contribution in [0.5, 0.6) is 0 Å². The Hall–Kier alpha value is -1.85. The quantitative estimate of drug-likeness (QED) is 0.603. The molecule has 29 heavy (non-hydrogen) atoms. The van der Waals surface area contributed by atoms with Crippen LogP contribution in [0.3, 0.4) is 0 Å². The summed E-state index contributed by atoms with van der Waals surface area (Å²) in [5.74, 6) is 0.0325. The van der Waals surface area contributed by atoms with Crippen molar-refractivity contribution in [2.24, 2.45) is 5.92 Å². The van der Waals surface area contributed by atoms with Crippen molar-refractivity contribution in [1.29, 1.82) is 0 Å². The first-order chi connectivity index (χ1) is 14.0. The molecule has 0 aliphatic carbocycles. The second kappa shape index (κ2) is 8.88. The summed E-state index contributed by atoms with van der Waals surface area (Å²) in [4.78, 5) is 30.1. The van der Waals surface area contributed by atoms with Gasteiger partial charge in [0.15, 0.2) is 0 Å². The molecule has 2 heterocycles. The Morgan fingerprint density at radius 3 is 2.34 bits per heavy atom. The molecule has 2 aromatic rings. The summed E-state index contributed by atoms with van der Waals surface area (Å²) in [6.45, 7) is 1.98. The lowest BCUT2D eigenvalue weighted by molar-refractivity contribution is -0.137. The molecule has 6 heteroatoms. The largest absolute Gasteiger partial charge is 0.338 e. The van der Waals surface area contributed by atoms with Crippen molar-refractivity contribution >= 4 is 39.3 Å². The van der Waals surface area contributed by atoms with E-state index in [4.69, 9.17) is 11.6 Å². The third-order valence-electron chi connectivity index (χ3n) is 5.94. The van der Waals surface area contributed by atoms with Gasteiger partial charge in [-0.3, -0.25) is 9.59 Å². The minimum atomic E-state index is -0.129. The Morgan fingerprint density at radius 2 is 1.62 bits per heavy atom. The molecule has 2 atom stereocenters. The molecule has 2 saturated heterocycles. The van der Waals surface area contributed by atoms with E-state index in [1.165, 1.54) is 5.56 Å². The molecule has 2 amide bonds. The van der Waals surface area contributed by atoms with Crippen LogP contribution in [0.15, 0.2) is 53.0 Å². The van der Waals surface area contributed by atoms with Crippen molar-refractivity contribution < 1.29 is 9.59 Å². The third kappa shape index (κ3) is 4.51. The van der Waals surface area contributed by atoms with Crippen molar-refractivity contribution in [1.82, 2.24) is 9.80 Å². The van der Waals surface area contributed by atoms with E-state index in [2.05, 4.69) is 28.1 Å². The van der Waals surface area contributed by atoms with Gasteiger partial charge in [-0.05, 0) is 67.6 Å². The SMILES string of the molecule is O=C(c1ccc(Cl)cc1)N1CCCC(C(=O)N2CCCC2c2ccc(Br)cc2)C1. The molecule has 0 spiro atoms. The van der Waals surface area contributed by atoms with E-state index in [9.17, 15) is 9.59 Å². The van der Waals surface area contributed by atoms with Crippen molar-refractivity contribution in [3.8, 4) is 0 Å². The van der Waals surface area contributed by atoms with Gasteiger partial charge in [-0.15, -0.1) is 0 Å². The van der Waals surface area contributed by atoms with Crippen LogP contribution < -0.4 is 0 Å². The van der Waals surface area contributed by atoms with Gasteiger partial charge in [-0.25, -0.2) is 0 Å². The maximum atomic E-state index is 13.4. The van der Waals surface area contributed by atoms with Crippen LogP contribution in [0, 0.1) is 5.92 Å². The number of likely N-dealkylation sites (tertiary alicyclic amines) is 2. The van der Waals surface area contributed by atoms with Gasteiger partial charge in [0.2, 0.25) is 5.91 Å². The molecule has 0 radical (unpaired) electrons. The highest BCUT2D eigenvalue weighted by molar-refractivity contribution is 9.10. The maximum Gasteiger partial charge on any atom is 0.253 e. The lowest BCUT2D eigenvalue weighted by atomic mass is 9.94. The number of hydrogen-bond acceptors (Lipinski definition) is 2. The zero-order chi connectivity index (χ0) is 20.4. The van der Waals surface area contributed by atoms with Crippen molar-refractivity contribution in [3.63, 3.8) is 0 Å². The van der Waals surface area contributed by atoms with Crippen LogP contribution in [0.25, 0.3) is 0 Å². The molecule has 2 unspecified atom stereocenters. The van der Waals surface area contributed by atoms with E-state index >= 15 is 0 Å². The first-order valence-electron chi connectivity index (χ1n) is 10.1. The number of piperidine rings is 1. The summed E-state index contributed by atoms with van der Waals surface area (Å²) in [6.07, 6.45) is 3.71. The number of carbonyl (C=O) groups excluding carboxylic acids is 2. The monoisotopic (exact) mass is 474 g/mol. The van der Waals surface area contributed by atoms with Crippen LogP contribution >= 0.6 is 27.5 Å². The molecule has 2 aliphatic heterocycles. The van der Waals surface area contributed by atoms with E-state index in [0.717, 1.165) is 36.7 Å². The lowest BCUT2D eigenvalue weighted by Gasteiger charge is -2.36. The first-order valence-corrected chi connectivity index (χ1v) is 11.3. The predicted molar refractivity (Wildman–Crippen MR) is 118 cm³/mol. The van der Waals surface area contributed by atoms with Crippen molar-refractivity contribution in [3.05, 3.63) is 69.2 Å². The minimum Gasteiger partial charge on any atom is -0.338 e. The molecular formula is C23H24BrClN2O2. The fraction of sp³-hybridized carbons (Fsp3) is 0.391. The molecular weight excluding hydrogens is 452 g/mol. The molecule has 152 valence electrons. The summed E-state index contributed by atoms with van der Waals surface area (Å²) in [7, 11) is 0. The summed E-state index contributed by atoms with van der Waals surface area (Å²) in [6, 6.07) is 15.4. The fourth-order valence-electron chi connectivity index (χ4n) is 4.43. The molecule has 0 bridgehead atoms. The zero-order valence-electron chi connectivity index (χ0n) is 16.2. The van der Waals surface area contributed by atoms with Gasteiger partial charge in [0, 0.05) is 34.7 Å². The summed E-state index contributed by atoms with van der Waals surface area (Å²) in [5.41, 5.74) is 1.81. The van der Waals surface area contributed by atoms with Crippen LogP contribution in [0.1, 0.15) is 47.6 Å². The van der Waals surface area contributed by atoms with Gasteiger partial charge in [0.05, 0.1) is 12.0 Å². The average molecular weight is 476 g/mol. The van der Waals surface area contributed by atoms with E-state index in [0.29, 0.717) is 23.7 Å². The second-order valence-electron chi connectivity index (χ2n) is 7.84. The Balaban J connectivity index is 1.46. The molecule has 4 nitrogen and oxygen atoms in total. The van der Waals surface area contributed by atoms with Crippen LogP contribution in [-0.2, 0) is 4.79 Å². The minimum absolute atomic E-state index is 0.0231. The Labute approximate surface area is 185 Å². The molecule has 2 fully saturated rings. The van der Waals surface area contributed by atoms with Gasteiger partial charge in [0.1, 0.15) is 0 Å². The van der Waals surface area contributed by atoms with Crippen LogP contribution in [0.2, 0.25) is 5.02 Å². The summed E-state index contributed by atoms with van der Waals surface area (Å²) >= 11 is 9.41. The highest BCUT2D eigenvalue weighted by Gasteiger charge is 2.36. The number of nitrogens with zero attached hydrogens (tertiary/aromatic N) is 2. The molecule has 4 rings (SSSR count). The maximum absolute atomic E-state index is 13.4. The summed E-state index contributed by atoms with van der Waals surface area (Å²) in [5, 5.41) is 0.612. The van der Waals surface area contributed by atoms with Crippen LogP contribution in [-0.4, -0.2) is 41.2 Å². The number of amides is 2. The van der Waals surface area contributed by atoms with Crippen molar-refractivity contribution in [2.45, 2.75) is 31.7 Å². The standard InChI is InChI=1S/C23H24BrClN2O2/c24-19-9-5-16(6-10-19)21-4-2-14-27(21)23(29)18-3-1-13-26(15-18)22(28)17-7-11-20(25)12-8-17/h5-12,18,21H,1-4,13-15H2. The van der Waals surface area contributed by atoms with Gasteiger partial charge in [-0.1, -0.05) is 39.7 Å². The van der Waals surface area contributed by atoms with E-state index in [-0.39, 0.29) is 23.8 Å². The topological polar surface area (TPSA) is 40.6 Å². The first kappa shape index (κ1) is 20.4. The lowest BCUT2D eigenvalue weighted by Crippen LogP contribution is -2.46. The Kier molecular flexibility index (Phi) is 6.26. The predicted octanol–water partition coefficient (Wildman–Crippen LogP) is 5.32. The normalized spacial score (nSPS) is 22.0. The van der Waals surface area contributed by atoms with Gasteiger partial charge >= 0.3 is 0 Å². The number of carbonyl (C=O) groups is 2. The molecule has 2 aromatic carbocycles. The fourth-order valence-corrected chi connectivity index (χ4v) is 4.83. The Bertz CT molecular complexity index is 885. The molecule has 0 saturated carbocycles. The number of rotatable bonds is 3. The number of benzene rings is 2. The zero-order valence-corrected chi connectivity index (χ0v) is 18.5. The van der Waals surface area contributed by atoms with Gasteiger partial charge < -0.3 is 9.80 Å². The van der Waals surface area contributed by atoms with E-state index in [1.807, 2.05) is 21.9 Å². The number of hydrogen-bond donors (Lipinski definition) is 0. The third-order valence-corrected chi connectivity index (χ3v) is 6.72. The Morgan fingerprint density at radius 1 is 0.931 bits per heavy atom. The molecule has 0 aromatic heterocycles. The van der Waals surface area contributed by atoms with Crippen LogP contribution in [0.4, 0.5) is 0 Å². The molecule has 2 aliphatic rings. The highest BCUT2D eigenvalue weighted by atomic mass is 79.9.